The van der Waals surface area contributed by atoms with Crippen molar-refractivity contribution in [2.24, 2.45) is 10.9 Å². The van der Waals surface area contributed by atoms with Crippen LogP contribution in [-0.2, 0) is 0 Å². The van der Waals surface area contributed by atoms with Gasteiger partial charge < -0.3 is 20.6 Å². The summed E-state index contributed by atoms with van der Waals surface area (Å²) in [7, 11) is 2.08. The number of rotatable bonds is 3. The molecule has 1 aliphatic rings. The van der Waals surface area contributed by atoms with Crippen molar-refractivity contribution in [2.45, 2.75) is 18.9 Å². The first-order chi connectivity index (χ1) is 8.70. The molecule has 0 spiro atoms. The lowest BCUT2D eigenvalue weighted by Gasteiger charge is -2.29. The maximum atomic E-state index is 8.69. The van der Waals surface area contributed by atoms with Crippen molar-refractivity contribution in [2.75, 3.05) is 20.1 Å². The molecule has 0 atom stereocenters. The van der Waals surface area contributed by atoms with Gasteiger partial charge in [0.05, 0.1) is 0 Å². The van der Waals surface area contributed by atoms with Gasteiger partial charge in [0.25, 0.3) is 0 Å². The smallest absolute Gasteiger partial charge is 0.244 e. The van der Waals surface area contributed by atoms with Gasteiger partial charge in [0.1, 0.15) is 6.10 Å². The number of ether oxygens (including phenoxy) is 1. The lowest BCUT2D eigenvalue weighted by atomic mass is 10.1. The zero-order valence-electron chi connectivity index (χ0n) is 10.3. The van der Waals surface area contributed by atoms with E-state index in [1.165, 1.54) is 12.4 Å². The van der Waals surface area contributed by atoms with Crippen LogP contribution in [0.15, 0.2) is 17.5 Å². The van der Waals surface area contributed by atoms with Crippen molar-refractivity contribution in [3.05, 3.63) is 18.1 Å². The van der Waals surface area contributed by atoms with E-state index in [2.05, 4.69) is 27.1 Å². The van der Waals surface area contributed by atoms with Crippen LogP contribution in [0.25, 0.3) is 0 Å². The van der Waals surface area contributed by atoms with Crippen LogP contribution in [0.4, 0.5) is 0 Å². The van der Waals surface area contributed by atoms with E-state index in [1.54, 1.807) is 0 Å². The van der Waals surface area contributed by atoms with Crippen molar-refractivity contribution >= 4 is 5.84 Å². The molecule has 0 saturated carbocycles. The maximum absolute atomic E-state index is 8.69. The Balaban J connectivity index is 2.09. The molecular formula is C11H17N5O2. The second kappa shape index (κ2) is 5.63. The normalized spacial score (nSPS) is 18.8. The molecule has 1 aliphatic heterocycles. The summed E-state index contributed by atoms with van der Waals surface area (Å²) in [6.45, 7) is 1.98. The van der Waals surface area contributed by atoms with Crippen LogP contribution in [0.1, 0.15) is 18.5 Å². The van der Waals surface area contributed by atoms with Gasteiger partial charge in [-0.1, -0.05) is 5.16 Å². The van der Waals surface area contributed by atoms with Gasteiger partial charge in [-0.3, -0.25) is 0 Å². The number of nitrogens with zero attached hydrogens (tertiary/aromatic N) is 4. The highest BCUT2D eigenvalue weighted by molar-refractivity contribution is 5.97. The summed E-state index contributed by atoms with van der Waals surface area (Å²) in [6, 6.07) is 0. The fourth-order valence-corrected chi connectivity index (χ4v) is 1.90. The summed E-state index contributed by atoms with van der Waals surface area (Å²) in [5.74, 6) is 0.230. The molecule has 1 fully saturated rings. The third-order valence-corrected chi connectivity index (χ3v) is 2.96. The molecule has 0 radical (unpaired) electrons. The molecule has 1 aromatic heterocycles. The first kappa shape index (κ1) is 12.6. The van der Waals surface area contributed by atoms with E-state index in [9.17, 15) is 0 Å². The molecule has 0 aliphatic carbocycles. The van der Waals surface area contributed by atoms with Crippen LogP contribution in [0.3, 0.4) is 0 Å². The largest absolute Gasteiger partial charge is 0.473 e. The topological polar surface area (TPSA) is 96.9 Å². The lowest BCUT2D eigenvalue weighted by Crippen LogP contribution is -2.36. The van der Waals surface area contributed by atoms with E-state index >= 15 is 0 Å². The maximum Gasteiger partial charge on any atom is 0.244 e. The van der Waals surface area contributed by atoms with Crippen molar-refractivity contribution in [3.8, 4) is 5.88 Å². The summed E-state index contributed by atoms with van der Waals surface area (Å²) < 4.78 is 5.79. The van der Waals surface area contributed by atoms with Crippen LogP contribution < -0.4 is 10.5 Å². The van der Waals surface area contributed by atoms with Gasteiger partial charge in [-0.2, -0.15) is 0 Å². The van der Waals surface area contributed by atoms with Gasteiger partial charge in [0.15, 0.2) is 11.5 Å². The first-order valence-electron chi connectivity index (χ1n) is 5.85. The van der Waals surface area contributed by atoms with Gasteiger partial charge in [0.2, 0.25) is 5.88 Å². The highest BCUT2D eigenvalue weighted by Crippen LogP contribution is 2.18. The van der Waals surface area contributed by atoms with Gasteiger partial charge in [-0.15, -0.1) is 0 Å². The van der Waals surface area contributed by atoms with E-state index in [0.717, 1.165) is 25.9 Å². The quantitative estimate of drug-likeness (QED) is 0.341. The zero-order valence-corrected chi connectivity index (χ0v) is 10.3. The minimum absolute atomic E-state index is 0.0916. The molecule has 0 unspecified atom stereocenters. The van der Waals surface area contributed by atoms with Crippen LogP contribution >= 0.6 is 0 Å². The summed E-state index contributed by atoms with van der Waals surface area (Å²) in [4.78, 5) is 10.4. The Hall–Kier alpha value is -1.89. The summed E-state index contributed by atoms with van der Waals surface area (Å²) in [5.41, 5.74) is 5.81. The average molecular weight is 251 g/mol. The lowest BCUT2D eigenvalue weighted by molar-refractivity contribution is 0.109. The first-order valence-corrected chi connectivity index (χ1v) is 5.85. The highest BCUT2D eigenvalue weighted by Gasteiger charge is 2.21. The molecule has 18 heavy (non-hydrogen) atoms. The highest BCUT2D eigenvalue weighted by atomic mass is 16.5. The van der Waals surface area contributed by atoms with Gasteiger partial charge in [-0.25, -0.2) is 9.97 Å². The number of piperidine rings is 1. The molecule has 1 saturated heterocycles. The molecule has 98 valence electrons. The van der Waals surface area contributed by atoms with Crippen LogP contribution in [0.5, 0.6) is 5.88 Å². The standard InChI is InChI=1S/C11H17N5O2/c1-16-6-2-8(3-7-16)18-11-9(10(12)15-17)13-4-5-14-11/h4-5,8,17H,2-3,6-7H2,1H3,(H2,12,15). The van der Waals surface area contributed by atoms with E-state index in [0.29, 0.717) is 5.88 Å². The molecule has 7 nitrogen and oxygen atoms in total. The van der Waals surface area contributed by atoms with Crippen molar-refractivity contribution in [1.29, 1.82) is 0 Å². The number of amidine groups is 1. The fourth-order valence-electron chi connectivity index (χ4n) is 1.90. The predicted molar refractivity (Wildman–Crippen MR) is 65.7 cm³/mol. The summed E-state index contributed by atoms with van der Waals surface area (Å²) in [5, 5.41) is 11.6. The Morgan fingerprint density at radius 3 is 2.78 bits per heavy atom. The van der Waals surface area contributed by atoms with Crippen molar-refractivity contribution in [3.63, 3.8) is 0 Å². The second-order valence-electron chi connectivity index (χ2n) is 4.32. The molecule has 2 rings (SSSR count). The third-order valence-electron chi connectivity index (χ3n) is 2.96. The van der Waals surface area contributed by atoms with Crippen LogP contribution in [-0.4, -0.2) is 52.2 Å². The summed E-state index contributed by atoms with van der Waals surface area (Å²) in [6.07, 6.45) is 4.97. The van der Waals surface area contributed by atoms with Gasteiger partial charge in [-0.05, 0) is 19.9 Å². The van der Waals surface area contributed by atoms with Crippen LogP contribution in [0.2, 0.25) is 0 Å². The Morgan fingerprint density at radius 2 is 2.11 bits per heavy atom. The van der Waals surface area contributed by atoms with Gasteiger partial charge in [0, 0.05) is 25.5 Å². The molecule has 7 heteroatoms. The molecule has 2 heterocycles. The molecule has 1 aromatic rings. The number of oxime groups is 1. The zero-order chi connectivity index (χ0) is 13.0. The minimum atomic E-state index is -0.0916. The van der Waals surface area contributed by atoms with E-state index in [4.69, 9.17) is 15.7 Å². The number of hydrogen-bond acceptors (Lipinski definition) is 6. The minimum Gasteiger partial charge on any atom is -0.473 e. The number of aromatic nitrogens is 2. The second-order valence-corrected chi connectivity index (χ2v) is 4.32. The Morgan fingerprint density at radius 1 is 1.44 bits per heavy atom. The molecule has 3 N–H and O–H groups in total. The van der Waals surface area contributed by atoms with Crippen LogP contribution in [0, 0.1) is 0 Å². The van der Waals surface area contributed by atoms with E-state index in [1.807, 2.05) is 0 Å². The number of nitrogens with two attached hydrogens (primary N) is 1. The average Bonchev–Trinajstić information content (AvgIpc) is 2.41. The Bertz CT molecular complexity index is 429. The molecular weight excluding hydrogens is 234 g/mol. The van der Waals surface area contributed by atoms with E-state index < -0.39 is 0 Å². The number of hydrogen-bond donors (Lipinski definition) is 2. The van der Waals surface area contributed by atoms with E-state index in [-0.39, 0.29) is 17.6 Å². The van der Waals surface area contributed by atoms with Gasteiger partial charge >= 0.3 is 0 Å². The molecule has 0 bridgehead atoms. The third kappa shape index (κ3) is 2.86. The number of likely N-dealkylation sites (tertiary alicyclic amines) is 1. The molecule has 0 amide bonds. The molecule has 0 aromatic carbocycles. The SMILES string of the molecule is CN1CCC(Oc2nccnc2C(N)=NO)CC1. The van der Waals surface area contributed by atoms with Crippen molar-refractivity contribution in [1.82, 2.24) is 14.9 Å². The predicted octanol–water partition coefficient (Wildman–Crippen LogP) is 0.0441. The van der Waals surface area contributed by atoms with Crippen molar-refractivity contribution < 1.29 is 9.94 Å². The monoisotopic (exact) mass is 251 g/mol. The Kier molecular flexibility index (Phi) is 3.93. The summed E-state index contributed by atoms with van der Waals surface area (Å²) >= 11 is 0. The Labute approximate surface area is 105 Å². The fraction of sp³-hybridized carbons (Fsp3) is 0.545.